The van der Waals surface area contributed by atoms with Crippen molar-refractivity contribution in [1.29, 1.82) is 0 Å². The molecule has 234 valence electrons. The summed E-state index contributed by atoms with van der Waals surface area (Å²) in [6, 6.07) is 28.0. The Morgan fingerprint density at radius 2 is 1.42 bits per heavy atom. The molecule has 12 heteroatoms. The maximum Gasteiger partial charge on any atom is 0.407 e. The van der Waals surface area contributed by atoms with Crippen LogP contribution in [0.4, 0.5) is 10.5 Å². The number of hydrogen-bond donors (Lipinski definition) is 2. The van der Waals surface area contributed by atoms with Gasteiger partial charge < -0.3 is 15.2 Å². The van der Waals surface area contributed by atoms with Crippen molar-refractivity contribution >= 4 is 27.8 Å². The summed E-state index contributed by atoms with van der Waals surface area (Å²) < 4.78 is 33.9. The van der Waals surface area contributed by atoms with Crippen molar-refractivity contribution in [3.63, 3.8) is 0 Å². The number of sulfonamides is 1. The third-order valence-electron chi connectivity index (χ3n) is 7.14. The molecule has 2 atom stereocenters. The predicted molar refractivity (Wildman–Crippen MR) is 168 cm³/mol. The van der Waals surface area contributed by atoms with E-state index in [1.165, 1.54) is 0 Å². The normalized spacial score (nSPS) is 12.7. The largest absolute Gasteiger partial charge is 0.480 e. The Kier molecular flexibility index (Phi) is 11.0. The summed E-state index contributed by atoms with van der Waals surface area (Å²) in [6.45, 7) is 1.45. The molecule has 0 fully saturated rings. The van der Waals surface area contributed by atoms with Crippen LogP contribution in [0.3, 0.4) is 0 Å². The number of nitrogens with one attached hydrogen (secondary N) is 1. The predicted octanol–water partition coefficient (Wildman–Crippen LogP) is 6.00. The summed E-state index contributed by atoms with van der Waals surface area (Å²) in [6.07, 6.45) is -0.701. The smallest absolute Gasteiger partial charge is 0.407 e. The topological polar surface area (TPSA) is 156 Å². The molecule has 4 aromatic rings. The summed E-state index contributed by atoms with van der Waals surface area (Å²) >= 11 is 0. The number of carboxylic acids is 1. The third-order valence-corrected chi connectivity index (χ3v) is 9.01. The molecule has 0 heterocycles. The van der Waals surface area contributed by atoms with E-state index in [0.717, 1.165) is 45.3 Å². The van der Waals surface area contributed by atoms with Gasteiger partial charge in [0.25, 0.3) is 5.69 Å². The Morgan fingerprint density at radius 3 is 2.00 bits per heavy atom. The maximum absolute atomic E-state index is 13.9. The van der Waals surface area contributed by atoms with Crippen molar-refractivity contribution in [3.05, 3.63) is 130 Å². The number of non-ortho nitro benzene ring substituents is 1. The Balaban J connectivity index is 1.54. The van der Waals surface area contributed by atoms with Gasteiger partial charge in [-0.05, 0) is 54.2 Å². The van der Waals surface area contributed by atoms with E-state index in [2.05, 4.69) is 5.32 Å². The number of benzene rings is 4. The second-order valence-electron chi connectivity index (χ2n) is 10.4. The molecule has 0 spiro atoms. The SMILES string of the molecule is CC(CC[C@@H](C(=O)O)N(Cc1ccc(-c2ccccc2)cc1)S(=O)(=O)c1ccc([N+](=O)[O-])cc1)NC(=O)OCc1ccccc1. The van der Waals surface area contributed by atoms with Crippen molar-refractivity contribution in [2.45, 2.75) is 49.9 Å². The molecule has 0 radical (unpaired) electrons. The van der Waals surface area contributed by atoms with Crippen molar-refractivity contribution in [2.75, 3.05) is 0 Å². The monoisotopic (exact) mass is 631 g/mol. The van der Waals surface area contributed by atoms with Crippen LogP contribution in [0.1, 0.15) is 30.9 Å². The quantitative estimate of drug-likeness (QED) is 0.127. The van der Waals surface area contributed by atoms with E-state index in [1.54, 1.807) is 19.1 Å². The summed E-state index contributed by atoms with van der Waals surface area (Å²) in [4.78, 5) is 35.1. The van der Waals surface area contributed by atoms with Crippen LogP contribution in [-0.4, -0.2) is 46.9 Å². The summed E-state index contributed by atoms with van der Waals surface area (Å²) in [5.41, 5.74) is 2.91. The zero-order chi connectivity index (χ0) is 32.4. The van der Waals surface area contributed by atoms with Crippen molar-refractivity contribution in [3.8, 4) is 11.1 Å². The van der Waals surface area contributed by atoms with Gasteiger partial charge in [-0.1, -0.05) is 84.9 Å². The molecule has 0 aliphatic heterocycles. The number of nitro benzene ring substituents is 1. The van der Waals surface area contributed by atoms with Gasteiger partial charge in [-0.15, -0.1) is 0 Å². The molecule has 1 amide bonds. The first-order chi connectivity index (χ1) is 21.5. The molecule has 2 N–H and O–H groups in total. The lowest BCUT2D eigenvalue weighted by Gasteiger charge is -2.29. The highest BCUT2D eigenvalue weighted by Crippen LogP contribution is 2.27. The van der Waals surface area contributed by atoms with Crippen LogP contribution in [0.2, 0.25) is 0 Å². The number of carbonyl (C=O) groups is 2. The molecule has 0 aromatic heterocycles. The van der Waals surface area contributed by atoms with E-state index in [4.69, 9.17) is 4.74 Å². The number of carboxylic acid groups (broad SMARTS) is 1. The van der Waals surface area contributed by atoms with E-state index in [-0.39, 0.29) is 36.6 Å². The fourth-order valence-corrected chi connectivity index (χ4v) is 6.29. The van der Waals surface area contributed by atoms with Crippen LogP contribution in [-0.2, 0) is 32.7 Å². The molecule has 4 aromatic carbocycles. The first kappa shape index (κ1) is 32.8. The fourth-order valence-electron chi connectivity index (χ4n) is 4.69. The number of alkyl carbamates (subject to hydrolysis) is 1. The fraction of sp³-hybridized carbons (Fsp3) is 0.212. The average molecular weight is 632 g/mol. The van der Waals surface area contributed by atoms with Crippen molar-refractivity contribution in [2.24, 2.45) is 0 Å². The highest BCUT2D eigenvalue weighted by molar-refractivity contribution is 7.89. The van der Waals surface area contributed by atoms with Gasteiger partial charge in [0, 0.05) is 24.7 Å². The van der Waals surface area contributed by atoms with Crippen LogP contribution < -0.4 is 5.32 Å². The van der Waals surface area contributed by atoms with Crippen LogP contribution in [0.5, 0.6) is 0 Å². The first-order valence-electron chi connectivity index (χ1n) is 14.2. The number of nitrogens with zero attached hydrogens (tertiary/aromatic N) is 2. The Hall–Kier alpha value is -5.07. The molecular weight excluding hydrogens is 598 g/mol. The number of carbonyl (C=O) groups excluding carboxylic acids is 1. The Bertz CT molecular complexity index is 1700. The molecule has 0 saturated carbocycles. The molecule has 1 unspecified atom stereocenters. The van der Waals surface area contributed by atoms with Crippen LogP contribution in [0, 0.1) is 10.1 Å². The minimum Gasteiger partial charge on any atom is -0.480 e. The molecule has 0 aliphatic rings. The zero-order valence-corrected chi connectivity index (χ0v) is 25.3. The molecule has 4 rings (SSSR count). The second-order valence-corrected chi connectivity index (χ2v) is 12.3. The van der Waals surface area contributed by atoms with Crippen molar-refractivity contribution in [1.82, 2.24) is 9.62 Å². The molecule has 11 nitrogen and oxygen atoms in total. The van der Waals surface area contributed by atoms with E-state index < -0.39 is 39.1 Å². The van der Waals surface area contributed by atoms with E-state index in [1.807, 2.05) is 72.8 Å². The van der Waals surface area contributed by atoms with Crippen LogP contribution in [0.15, 0.2) is 114 Å². The Morgan fingerprint density at radius 1 is 0.844 bits per heavy atom. The van der Waals surface area contributed by atoms with Gasteiger partial charge in [0.15, 0.2) is 0 Å². The second kappa shape index (κ2) is 15.1. The minimum atomic E-state index is -4.44. The van der Waals surface area contributed by atoms with Gasteiger partial charge in [-0.2, -0.15) is 4.31 Å². The van der Waals surface area contributed by atoms with Gasteiger partial charge >= 0.3 is 12.1 Å². The number of nitro groups is 1. The lowest BCUT2D eigenvalue weighted by atomic mass is 10.0. The van der Waals surface area contributed by atoms with E-state index >= 15 is 0 Å². The van der Waals surface area contributed by atoms with Gasteiger partial charge in [0.1, 0.15) is 12.6 Å². The van der Waals surface area contributed by atoms with Crippen molar-refractivity contribution < 1.29 is 32.8 Å². The van der Waals surface area contributed by atoms with Gasteiger partial charge in [-0.3, -0.25) is 14.9 Å². The number of hydrogen-bond acceptors (Lipinski definition) is 7. The lowest BCUT2D eigenvalue weighted by molar-refractivity contribution is -0.384. The van der Waals surface area contributed by atoms with Gasteiger partial charge in [0.05, 0.1) is 9.82 Å². The molecule has 45 heavy (non-hydrogen) atoms. The summed E-state index contributed by atoms with van der Waals surface area (Å²) in [7, 11) is -4.44. The number of rotatable bonds is 14. The highest BCUT2D eigenvalue weighted by Gasteiger charge is 2.36. The van der Waals surface area contributed by atoms with Crippen LogP contribution in [0.25, 0.3) is 11.1 Å². The van der Waals surface area contributed by atoms with Gasteiger partial charge in [-0.25, -0.2) is 13.2 Å². The van der Waals surface area contributed by atoms with Crippen LogP contribution >= 0.6 is 0 Å². The number of ether oxygens (including phenoxy) is 1. The third kappa shape index (κ3) is 8.97. The standard InChI is InChI=1S/C33H33N3O8S/c1-24(34-33(39)44-23-26-8-4-2-5-9-26)12-21-31(32(37)38)35(45(42,43)30-19-17-29(18-20-30)36(40)41)22-25-13-15-28(16-14-25)27-10-6-3-7-11-27/h2-11,13-20,24,31H,12,21-23H2,1H3,(H,34,39)(H,37,38)/t24?,31-/m0/s1. The number of amides is 1. The summed E-state index contributed by atoms with van der Waals surface area (Å²) in [5, 5.41) is 24.0. The average Bonchev–Trinajstić information content (AvgIpc) is 3.04. The molecular formula is C33H33N3O8S. The van der Waals surface area contributed by atoms with E-state index in [0.29, 0.717) is 5.56 Å². The zero-order valence-electron chi connectivity index (χ0n) is 24.5. The molecule has 0 aliphatic carbocycles. The highest BCUT2D eigenvalue weighted by atomic mass is 32.2. The molecule has 0 saturated heterocycles. The lowest BCUT2D eigenvalue weighted by Crippen LogP contribution is -2.45. The minimum absolute atomic E-state index is 0.0570. The summed E-state index contributed by atoms with van der Waals surface area (Å²) in [5.74, 6) is -1.37. The number of aliphatic carboxylic acids is 1. The Labute approximate surface area is 261 Å². The first-order valence-corrected chi connectivity index (χ1v) is 15.6. The van der Waals surface area contributed by atoms with Gasteiger partial charge in [0.2, 0.25) is 10.0 Å². The molecule has 0 bridgehead atoms. The van der Waals surface area contributed by atoms with E-state index in [9.17, 15) is 33.2 Å². The maximum atomic E-state index is 13.9.